The van der Waals surface area contributed by atoms with Crippen molar-refractivity contribution in [3.05, 3.63) is 12.4 Å². The molecule has 0 saturated carbocycles. The number of nitrogen functional groups attached to an aromatic ring is 1. The van der Waals surface area contributed by atoms with Gasteiger partial charge in [-0.05, 0) is 0 Å². The topological polar surface area (TPSA) is 54.7 Å². The van der Waals surface area contributed by atoms with Gasteiger partial charge in [0.1, 0.15) is 0 Å². The Morgan fingerprint density at radius 2 is 2.43 bits per heavy atom. The Bertz CT molecular complexity index is 114. The summed E-state index contributed by atoms with van der Waals surface area (Å²) in [5.74, 6) is 0. The van der Waals surface area contributed by atoms with Crippen molar-refractivity contribution in [2.24, 2.45) is 0 Å². The summed E-state index contributed by atoms with van der Waals surface area (Å²) < 4.78 is 0. The fourth-order valence-electron chi connectivity index (χ4n) is 0.261. The van der Waals surface area contributed by atoms with Gasteiger partial charge >= 0.3 is 0 Å². The second-order valence-electron chi connectivity index (χ2n) is 1.03. The van der Waals surface area contributed by atoms with Gasteiger partial charge in [-0.15, -0.1) is 12.4 Å². The first-order valence-corrected chi connectivity index (χ1v) is 1.64. The Balaban J connectivity index is 0.000000360. The Morgan fingerprint density at radius 1 is 1.71 bits per heavy atom. The summed E-state index contributed by atoms with van der Waals surface area (Å²) in [4.78, 5) is 0. The van der Waals surface area contributed by atoms with Crippen molar-refractivity contribution in [2.75, 3.05) is 5.73 Å². The van der Waals surface area contributed by atoms with Crippen molar-refractivity contribution in [3.63, 3.8) is 0 Å². The first-order valence-electron chi connectivity index (χ1n) is 1.64. The Kier molecular flexibility index (Phi) is 2.22. The van der Waals surface area contributed by atoms with E-state index in [0.29, 0.717) is 5.69 Å². The highest BCUT2D eigenvalue weighted by atomic mass is 35.5. The zero-order valence-corrected chi connectivity index (χ0v) is 4.40. The van der Waals surface area contributed by atoms with Gasteiger partial charge in [0.25, 0.3) is 0 Å². The molecule has 1 aromatic rings. The van der Waals surface area contributed by atoms with Crippen LogP contribution >= 0.6 is 12.4 Å². The lowest BCUT2D eigenvalue weighted by Gasteiger charge is -1.66. The molecular formula is C3H6ClN3. The molecule has 0 aromatic carbocycles. The number of hydrogen-bond acceptors (Lipinski definition) is 2. The van der Waals surface area contributed by atoms with Gasteiger partial charge < -0.3 is 5.73 Å². The first-order chi connectivity index (χ1) is 2.89. The number of halogens is 1. The first kappa shape index (κ1) is 6.30. The largest absolute Gasteiger partial charge is 0.396 e. The van der Waals surface area contributed by atoms with Crippen LogP contribution in [0.3, 0.4) is 0 Å². The van der Waals surface area contributed by atoms with E-state index in [1.807, 2.05) is 0 Å². The predicted octanol–water partition coefficient (Wildman–Crippen LogP) is 0.414. The minimum absolute atomic E-state index is 0. The summed E-state index contributed by atoms with van der Waals surface area (Å²) in [6.45, 7) is 0. The van der Waals surface area contributed by atoms with E-state index in [2.05, 4.69) is 10.2 Å². The second kappa shape index (κ2) is 2.47. The molecule has 0 radical (unpaired) electrons. The zero-order valence-electron chi connectivity index (χ0n) is 3.59. The van der Waals surface area contributed by atoms with Crippen molar-refractivity contribution in [3.8, 4) is 0 Å². The number of hydrogen-bond donors (Lipinski definition) is 2. The lowest BCUT2D eigenvalue weighted by molar-refractivity contribution is 1.09. The van der Waals surface area contributed by atoms with Crippen LogP contribution in [0, 0.1) is 0 Å². The van der Waals surface area contributed by atoms with Gasteiger partial charge in [-0.2, -0.15) is 5.10 Å². The van der Waals surface area contributed by atoms with E-state index in [-0.39, 0.29) is 12.4 Å². The molecule has 0 spiro atoms. The van der Waals surface area contributed by atoms with Crippen molar-refractivity contribution in [1.82, 2.24) is 10.2 Å². The van der Waals surface area contributed by atoms with Crippen LogP contribution in [-0.2, 0) is 0 Å². The normalized spacial score (nSPS) is 7.43. The number of anilines is 1. The van der Waals surface area contributed by atoms with E-state index in [1.54, 1.807) is 12.4 Å². The smallest absolute Gasteiger partial charge is 0.0717 e. The molecule has 0 fully saturated rings. The molecule has 1 heterocycles. The van der Waals surface area contributed by atoms with Crippen molar-refractivity contribution in [2.45, 2.75) is 0 Å². The Hall–Kier alpha value is -0.700. The lowest BCUT2D eigenvalue weighted by Crippen LogP contribution is -1.75. The molecule has 4 heteroatoms. The molecule has 0 amide bonds. The van der Waals surface area contributed by atoms with Crippen molar-refractivity contribution >= 4 is 18.1 Å². The van der Waals surface area contributed by atoms with E-state index in [9.17, 15) is 0 Å². The molecule has 0 aliphatic rings. The number of aromatic nitrogens is 2. The fourth-order valence-corrected chi connectivity index (χ4v) is 0.261. The lowest BCUT2D eigenvalue weighted by atomic mass is 10.6. The molecule has 0 bridgehead atoms. The molecule has 3 nitrogen and oxygen atoms in total. The predicted molar refractivity (Wildman–Crippen MR) is 30.2 cm³/mol. The molecular weight excluding hydrogens is 114 g/mol. The van der Waals surface area contributed by atoms with Crippen LogP contribution in [0.4, 0.5) is 5.69 Å². The van der Waals surface area contributed by atoms with E-state index >= 15 is 0 Å². The van der Waals surface area contributed by atoms with Gasteiger partial charge in [-0.1, -0.05) is 0 Å². The fraction of sp³-hybridized carbons (Fsp3) is 0. The number of H-pyrrole nitrogens is 1. The molecule has 0 unspecified atom stereocenters. The highest BCUT2D eigenvalue weighted by molar-refractivity contribution is 5.85. The molecule has 0 aliphatic heterocycles. The standard InChI is InChI=1S/C3H5N3.ClH/c4-3-1-5-6-2-3;/h1-2H,4H2,(H,5,6);1H. The van der Waals surface area contributed by atoms with Crippen molar-refractivity contribution in [1.29, 1.82) is 0 Å². The highest BCUT2D eigenvalue weighted by Gasteiger charge is 1.74. The summed E-state index contributed by atoms with van der Waals surface area (Å²) >= 11 is 0. The Labute approximate surface area is 47.3 Å². The third-order valence-corrected chi connectivity index (χ3v) is 0.519. The van der Waals surface area contributed by atoms with E-state index < -0.39 is 0 Å². The second-order valence-corrected chi connectivity index (χ2v) is 1.03. The van der Waals surface area contributed by atoms with Gasteiger partial charge in [-0.3, -0.25) is 5.10 Å². The van der Waals surface area contributed by atoms with Crippen LogP contribution in [0.15, 0.2) is 12.4 Å². The molecule has 1 aromatic heterocycles. The van der Waals surface area contributed by atoms with Gasteiger partial charge in [0.05, 0.1) is 11.9 Å². The average Bonchev–Trinajstić information content (AvgIpc) is 1.86. The van der Waals surface area contributed by atoms with Crippen LogP contribution < -0.4 is 5.73 Å². The van der Waals surface area contributed by atoms with E-state index in [1.165, 1.54) is 0 Å². The summed E-state index contributed by atoms with van der Waals surface area (Å²) in [6.07, 6.45) is 3.18. The SMILES string of the molecule is Cl.Nc1cn[nH]c1. The summed E-state index contributed by atoms with van der Waals surface area (Å²) in [5.41, 5.74) is 5.86. The third-order valence-electron chi connectivity index (χ3n) is 0.519. The zero-order chi connectivity index (χ0) is 4.41. The summed E-state index contributed by atoms with van der Waals surface area (Å²) in [7, 11) is 0. The van der Waals surface area contributed by atoms with Crippen molar-refractivity contribution < 1.29 is 0 Å². The molecule has 0 atom stereocenters. The molecule has 1 rings (SSSR count). The van der Waals surface area contributed by atoms with Gasteiger partial charge in [-0.25, -0.2) is 0 Å². The minimum Gasteiger partial charge on any atom is -0.396 e. The average molecular weight is 120 g/mol. The maximum absolute atomic E-state index is 5.18. The van der Waals surface area contributed by atoms with Gasteiger partial charge in [0.2, 0.25) is 0 Å². The summed E-state index contributed by atoms with van der Waals surface area (Å²) in [5, 5.41) is 6.13. The van der Waals surface area contributed by atoms with Crippen LogP contribution in [-0.4, -0.2) is 10.2 Å². The number of nitrogens with one attached hydrogen (secondary N) is 1. The van der Waals surface area contributed by atoms with E-state index in [0.717, 1.165) is 0 Å². The quantitative estimate of drug-likeness (QED) is 0.520. The maximum Gasteiger partial charge on any atom is 0.0717 e. The van der Waals surface area contributed by atoms with Crippen LogP contribution in [0.2, 0.25) is 0 Å². The Morgan fingerprint density at radius 3 is 2.57 bits per heavy atom. The highest BCUT2D eigenvalue weighted by Crippen LogP contribution is 1.88. The molecule has 0 saturated heterocycles. The number of aromatic amines is 1. The minimum atomic E-state index is 0. The number of nitrogens with two attached hydrogens (primary N) is 1. The monoisotopic (exact) mass is 119 g/mol. The molecule has 40 valence electrons. The number of rotatable bonds is 0. The van der Waals surface area contributed by atoms with E-state index in [4.69, 9.17) is 5.73 Å². The molecule has 7 heavy (non-hydrogen) atoms. The van der Waals surface area contributed by atoms with Gasteiger partial charge in [0, 0.05) is 6.20 Å². The van der Waals surface area contributed by atoms with Gasteiger partial charge in [0.15, 0.2) is 0 Å². The van der Waals surface area contributed by atoms with Crippen LogP contribution in [0.5, 0.6) is 0 Å². The van der Waals surface area contributed by atoms with Crippen LogP contribution in [0.1, 0.15) is 0 Å². The van der Waals surface area contributed by atoms with Crippen LogP contribution in [0.25, 0.3) is 0 Å². The number of nitrogens with zero attached hydrogens (tertiary/aromatic N) is 1. The molecule has 3 N–H and O–H groups in total. The molecule has 0 aliphatic carbocycles. The maximum atomic E-state index is 5.18. The third kappa shape index (κ3) is 1.45. The summed E-state index contributed by atoms with van der Waals surface area (Å²) in [6, 6.07) is 0.